The predicted molar refractivity (Wildman–Crippen MR) is 84.4 cm³/mol. The van der Waals surface area contributed by atoms with Gasteiger partial charge in [0.2, 0.25) is 0 Å². The third kappa shape index (κ3) is 3.08. The van der Waals surface area contributed by atoms with E-state index in [0.29, 0.717) is 10.9 Å². The lowest BCUT2D eigenvalue weighted by molar-refractivity contribution is -0.136. The molecule has 2 heterocycles. The smallest absolute Gasteiger partial charge is 0.297 e. The maximum Gasteiger partial charge on any atom is 0.390 e. The Hall–Kier alpha value is -2.04. The number of halogens is 5. The van der Waals surface area contributed by atoms with Gasteiger partial charge in [0, 0.05) is 19.4 Å². The van der Waals surface area contributed by atoms with Crippen molar-refractivity contribution in [3.8, 4) is 0 Å². The second-order valence-corrected chi connectivity index (χ2v) is 7.31. The van der Waals surface area contributed by atoms with Crippen LogP contribution in [0.1, 0.15) is 40.5 Å². The van der Waals surface area contributed by atoms with E-state index in [9.17, 15) is 36.3 Å². The number of aryl methyl sites for hydroxylation is 2. The summed E-state index contributed by atoms with van der Waals surface area (Å²) < 4.78 is 65.5. The van der Waals surface area contributed by atoms with Crippen LogP contribution >= 0.6 is 11.3 Å². The summed E-state index contributed by atoms with van der Waals surface area (Å²) in [5, 5.41) is -0.0749. The van der Waals surface area contributed by atoms with Crippen LogP contribution in [0.25, 0.3) is 10.2 Å². The number of aldehydes is 1. The first-order valence-corrected chi connectivity index (χ1v) is 8.45. The Bertz CT molecular complexity index is 994. The van der Waals surface area contributed by atoms with Gasteiger partial charge in [0.15, 0.2) is 6.29 Å². The molecule has 0 saturated heterocycles. The van der Waals surface area contributed by atoms with Gasteiger partial charge < -0.3 is 0 Å². The number of alkyl halides is 5. The molecule has 0 aromatic carbocycles. The quantitative estimate of drug-likeness (QED) is 0.589. The summed E-state index contributed by atoms with van der Waals surface area (Å²) in [6.45, 7) is 0.669. The van der Waals surface area contributed by atoms with Crippen LogP contribution in [0.4, 0.5) is 22.0 Å². The van der Waals surface area contributed by atoms with E-state index in [1.54, 1.807) is 0 Å². The van der Waals surface area contributed by atoms with Crippen LogP contribution in [0.15, 0.2) is 9.59 Å². The average molecular weight is 396 g/mol. The lowest BCUT2D eigenvalue weighted by Crippen LogP contribution is -2.49. The molecule has 0 atom stereocenters. The zero-order chi connectivity index (χ0) is 19.4. The standard InChI is InChI=1S/C15H13F5N2O3S/c1-7-9(6-23)26-12-10(7)11(24)22(8-4-14(16,17)5-8)13(25)21(12)3-2-15(18,19)20/h6,8H,2-5H2,1H3. The largest absolute Gasteiger partial charge is 0.390 e. The molecule has 1 aliphatic rings. The molecule has 0 unspecified atom stereocenters. The van der Waals surface area contributed by atoms with E-state index >= 15 is 0 Å². The van der Waals surface area contributed by atoms with E-state index in [2.05, 4.69) is 0 Å². The summed E-state index contributed by atoms with van der Waals surface area (Å²) in [6.07, 6.45) is -6.88. The minimum Gasteiger partial charge on any atom is -0.297 e. The highest BCUT2D eigenvalue weighted by Crippen LogP contribution is 2.44. The Morgan fingerprint density at radius 3 is 2.38 bits per heavy atom. The number of aromatic nitrogens is 2. The molecule has 0 bridgehead atoms. The summed E-state index contributed by atoms with van der Waals surface area (Å²) in [6, 6.07) is -1.08. The summed E-state index contributed by atoms with van der Waals surface area (Å²) in [7, 11) is 0. The second kappa shape index (κ2) is 6.00. The van der Waals surface area contributed by atoms with Crippen molar-refractivity contribution < 1.29 is 26.7 Å². The fourth-order valence-corrected chi connectivity index (χ4v) is 4.20. The van der Waals surface area contributed by atoms with Gasteiger partial charge in [-0.15, -0.1) is 11.3 Å². The topological polar surface area (TPSA) is 61.1 Å². The van der Waals surface area contributed by atoms with Crippen molar-refractivity contribution in [3.05, 3.63) is 31.3 Å². The van der Waals surface area contributed by atoms with E-state index in [1.165, 1.54) is 6.92 Å². The van der Waals surface area contributed by atoms with Crippen LogP contribution in [-0.2, 0) is 6.54 Å². The number of fused-ring (bicyclic) bond motifs is 1. The van der Waals surface area contributed by atoms with Gasteiger partial charge in [0.05, 0.1) is 22.7 Å². The molecule has 2 aromatic rings. The number of nitrogens with zero attached hydrogens (tertiary/aromatic N) is 2. The molecule has 11 heteroatoms. The highest BCUT2D eigenvalue weighted by Gasteiger charge is 2.47. The van der Waals surface area contributed by atoms with E-state index in [1.807, 2.05) is 0 Å². The Kier molecular flexibility index (Phi) is 4.32. The van der Waals surface area contributed by atoms with E-state index in [0.717, 1.165) is 15.9 Å². The zero-order valence-corrected chi connectivity index (χ0v) is 14.2. The van der Waals surface area contributed by atoms with Gasteiger partial charge in [-0.2, -0.15) is 13.2 Å². The Labute approximate surface area is 146 Å². The van der Waals surface area contributed by atoms with Crippen molar-refractivity contribution in [2.24, 2.45) is 0 Å². The fraction of sp³-hybridized carbons (Fsp3) is 0.533. The van der Waals surface area contributed by atoms with Crippen LogP contribution in [0.5, 0.6) is 0 Å². The third-order valence-electron chi connectivity index (χ3n) is 4.44. The summed E-state index contributed by atoms with van der Waals surface area (Å²) >= 11 is 0.741. The Morgan fingerprint density at radius 2 is 1.88 bits per heavy atom. The summed E-state index contributed by atoms with van der Waals surface area (Å²) in [5.41, 5.74) is -1.69. The lowest BCUT2D eigenvalue weighted by atomic mass is 9.88. The van der Waals surface area contributed by atoms with Crippen molar-refractivity contribution >= 4 is 27.8 Å². The van der Waals surface area contributed by atoms with Gasteiger partial charge in [-0.3, -0.25) is 18.7 Å². The zero-order valence-electron chi connectivity index (χ0n) is 13.4. The maximum absolute atomic E-state index is 13.2. The van der Waals surface area contributed by atoms with Crippen LogP contribution < -0.4 is 11.2 Å². The molecule has 1 fully saturated rings. The minimum atomic E-state index is -4.55. The molecular weight excluding hydrogens is 383 g/mol. The first kappa shape index (κ1) is 18.7. The van der Waals surface area contributed by atoms with Gasteiger partial charge in [0.25, 0.3) is 11.5 Å². The number of hydrogen-bond acceptors (Lipinski definition) is 4. The lowest BCUT2D eigenvalue weighted by Gasteiger charge is -2.35. The maximum atomic E-state index is 13.2. The van der Waals surface area contributed by atoms with Crippen LogP contribution in [0, 0.1) is 6.92 Å². The molecule has 1 aliphatic carbocycles. The van der Waals surface area contributed by atoms with E-state index < -0.39 is 55.2 Å². The molecule has 0 amide bonds. The molecule has 0 spiro atoms. The highest BCUT2D eigenvalue weighted by atomic mass is 32.1. The average Bonchev–Trinajstić information content (AvgIpc) is 2.81. The van der Waals surface area contributed by atoms with Gasteiger partial charge >= 0.3 is 11.9 Å². The van der Waals surface area contributed by atoms with Crippen LogP contribution in [0.2, 0.25) is 0 Å². The van der Waals surface area contributed by atoms with Crippen LogP contribution in [-0.4, -0.2) is 27.5 Å². The first-order chi connectivity index (χ1) is 11.9. The molecule has 5 nitrogen and oxygen atoms in total. The van der Waals surface area contributed by atoms with Gasteiger partial charge in [0.1, 0.15) is 4.83 Å². The van der Waals surface area contributed by atoms with Crippen molar-refractivity contribution in [1.82, 2.24) is 9.13 Å². The van der Waals surface area contributed by atoms with E-state index in [-0.39, 0.29) is 20.7 Å². The summed E-state index contributed by atoms with van der Waals surface area (Å²) in [5.74, 6) is -3.01. The fourth-order valence-electron chi connectivity index (χ4n) is 3.06. The van der Waals surface area contributed by atoms with Gasteiger partial charge in [-0.05, 0) is 12.5 Å². The van der Waals surface area contributed by atoms with Crippen molar-refractivity contribution in [2.45, 2.75) is 50.9 Å². The van der Waals surface area contributed by atoms with Gasteiger partial charge in [-0.1, -0.05) is 0 Å². The third-order valence-corrected chi connectivity index (χ3v) is 5.68. The molecule has 3 rings (SSSR count). The molecule has 0 aliphatic heterocycles. The normalized spacial score (nSPS) is 17.5. The van der Waals surface area contributed by atoms with Crippen LogP contribution in [0.3, 0.4) is 0 Å². The minimum absolute atomic E-state index is 0.0498. The number of rotatable bonds is 4. The molecular formula is C15H13F5N2O3S. The second-order valence-electron chi connectivity index (χ2n) is 6.28. The monoisotopic (exact) mass is 396 g/mol. The van der Waals surface area contributed by atoms with Crippen molar-refractivity contribution in [3.63, 3.8) is 0 Å². The highest BCUT2D eigenvalue weighted by molar-refractivity contribution is 7.20. The molecule has 0 radical (unpaired) electrons. The number of thiophene rings is 1. The van der Waals surface area contributed by atoms with E-state index in [4.69, 9.17) is 0 Å². The Morgan fingerprint density at radius 1 is 1.27 bits per heavy atom. The van der Waals surface area contributed by atoms with Gasteiger partial charge in [-0.25, -0.2) is 13.6 Å². The number of carbonyl (C=O) groups excluding carboxylic acids is 1. The predicted octanol–water partition coefficient (Wildman–Crippen LogP) is 3.27. The molecule has 2 aromatic heterocycles. The molecule has 1 saturated carbocycles. The van der Waals surface area contributed by atoms with Crippen molar-refractivity contribution in [2.75, 3.05) is 0 Å². The van der Waals surface area contributed by atoms with Crippen molar-refractivity contribution in [1.29, 1.82) is 0 Å². The molecule has 0 N–H and O–H groups in total. The first-order valence-electron chi connectivity index (χ1n) is 7.63. The number of hydrogen-bond donors (Lipinski definition) is 0. The SMILES string of the molecule is Cc1c(C=O)sc2c1c(=O)n(C1CC(F)(F)C1)c(=O)n2CCC(F)(F)F. The molecule has 142 valence electrons. The summed E-state index contributed by atoms with van der Waals surface area (Å²) in [4.78, 5) is 36.5. The number of carbonyl (C=O) groups is 1. The Balaban J connectivity index is 2.25. The molecule has 26 heavy (non-hydrogen) atoms.